The molecular formula is C26H37N3O3. The molecule has 2 rings (SSSR count). The summed E-state index contributed by atoms with van der Waals surface area (Å²) in [5.41, 5.74) is 13.8. The summed E-state index contributed by atoms with van der Waals surface area (Å²) >= 11 is 0. The lowest BCUT2D eigenvalue weighted by Gasteiger charge is -2.27. The molecule has 2 aromatic carbocycles. The number of nitrogens with two attached hydrogens (primary N) is 2. The Morgan fingerprint density at radius 2 is 1.34 bits per heavy atom. The van der Waals surface area contributed by atoms with Gasteiger partial charge in [-0.2, -0.15) is 0 Å². The van der Waals surface area contributed by atoms with Crippen LogP contribution < -0.4 is 11.5 Å². The standard InChI is InChI=1S/C26H37N3O3/c1-21(25(30)32-26(31)24(28)17-8-18-27)29(19-9-15-22-11-4-2-5-12-22)20-10-16-23-13-6-3-7-14-23/h2-7,11-14,21,24H,8-10,15-20,27-28H2,1H3/t21-,24-/m0/s1. The third kappa shape index (κ3) is 9.30. The van der Waals surface area contributed by atoms with Crippen LogP contribution in [0.2, 0.25) is 0 Å². The number of carbonyl (C=O) groups excluding carboxylic acids is 2. The van der Waals surface area contributed by atoms with E-state index in [4.69, 9.17) is 16.2 Å². The van der Waals surface area contributed by atoms with E-state index >= 15 is 0 Å². The first-order chi connectivity index (χ1) is 15.5. The Balaban J connectivity index is 1.92. The number of aryl methyl sites for hydroxylation is 2. The monoisotopic (exact) mass is 439 g/mol. The number of carbonyl (C=O) groups is 2. The molecule has 2 atom stereocenters. The van der Waals surface area contributed by atoms with Crippen LogP contribution in [0.5, 0.6) is 0 Å². The molecule has 6 heteroatoms. The predicted octanol–water partition coefficient (Wildman–Crippen LogP) is 3.08. The first-order valence-electron chi connectivity index (χ1n) is 11.5. The number of esters is 2. The van der Waals surface area contributed by atoms with Gasteiger partial charge in [0.15, 0.2) is 0 Å². The smallest absolute Gasteiger partial charge is 0.330 e. The van der Waals surface area contributed by atoms with Crippen molar-refractivity contribution in [1.29, 1.82) is 0 Å². The average molecular weight is 440 g/mol. The van der Waals surface area contributed by atoms with Crippen LogP contribution in [0.15, 0.2) is 60.7 Å². The Hall–Kier alpha value is -2.54. The lowest BCUT2D eigenvalue weighted by Crippen LogP contribution is -2.44. The molecule has 0 aromatic heterocycles. The Kier molecular flexibility index (Phi) is 11.7. The van der Waals surface area contributed by atoms with Gasteiger partial charge in [0.2, 0.25) is 0 Å². The number of benzene rings is 2. The molecule has 0 amide bonds. The first-order valence-corrected chi connectivity index (χ1v) is 11.5. The summed E-state index contributed by atoms with van der Waals surface area (Å²) in [4.78, 5) is 26.9. The minimum atomic E-state index is -0.820. The maximum absolute atomic E-state index is 12.7. The summed E-state index contributed by atoms with van der Waals surface area (Å²) in [6, 6.07) is 19.2. The van der Waals surface area contributed by atoms with E-state index in [1.54, 1.807) is 6.92 Å². The minimum absolute atomic E-state index is 0.412. The summed E-state index contributed by atoms with van der Waals surface area (Å²) in [6.45, 7) is 3.73. The lowest BCUT2D eigenvalue weighted by atomic mass is 10.1. The molecule has 0 bridgehead atoms. The molecule has 174 valence electrons. The Morgan fingerprint density at radius 3 is 1.81 bits per heavy atom. The molecule has 0 aliphatic rings. The topological polar surface area (TPSA) is 98.6 Å². The summed E-state index contributed by atoms with van der Waals surface area (Å²) in [7, 11) is 0. The van der Waals surface area contributed by atoms with E-state index in [9.17, 15) is 9.59 Å². The normalized spacial score (nSPS) is 13.0. The number of nitrogens with zero attached hydrogens (tertiary/aromatic N) is 1. The van der Waals surface area contributed by atoms with Gasteiger partial charge in [-0.15, -0.1) is 0 Å². The maximum atomic E-state index is 12.7. The van der Waals surface area contributed by atoms with Gasteiger partial charge in [0.25, 0.3) is 0 Å². The number of ether oxygens (including phenoxy) is 1. The van der Waals surface area contributed by atoms with Crippen molar-refractivity contribution in [3.63, 3.8) is 0 Å². The molecule has 0 heterocycles. The van der Waals surface area contributed by atoms with Crippen LogP contribution in [0.3, 0.4) is 0 Å². The van der Waals surface area contributed by atoms with Crippen LogP contribution in [0.1, 0.15) is 43.7 Å². The fourth-order valence-electron chi connectivity index (χ4n) is 3.63. The zero-order valence-electron chi connectivity index (χ0n) is 19.1. The zero-order chi connectivity index (χ0) is 23.2. The summed E-state index contributed by atoms with van der Waals surface area (Å²) in [5.74, 6) is -1.22. The zero-order valence-corrected chi connectivity index (χ0v) is 19.1. The van der Waals surface area contributed by atoms with Crippen LogP contribution in [0, 0.1) is 0 Å². The van der Waals surface area contributed by atoms with Crippen LogP contribution in [-0.2, 0) is 27.2 Å². The van der Waals surface area contributed by atoms with Gasteiger partial charge in [-0.1, -0.05) is 60.7 Å². The van der Waals surface area contributed by atoms with Gasteiger partial charge in [0, 0.05) is 0 Å². The van der Waals surface area contributed by atoms with Crippen molar-refractivity contribution in [3.05, 3.63) is 71.8 Å². The van der Waals surface area contributed by atoms with Gasteiger partial charge in [0.05, 0.1) is 0 Å². The Morgan fingerprint density at radius 1 is 0.844 bits per heavy atom. The quantitative estimate of drug-likeness (QED) is 0.347. The summed E-state index contributed by atoms with van der Waals surface area (Å²) in [6.07, 6.45) is 4.72. The molecule has 6 nitrogen and oxygen atoms in total. The maximum Gasteiger partial charge on any atom is 0.330 e. The number of hydrogen-bond donors (Lipinski definition) is 2. The third-order valence-corrected chi connectivity index (χ3v) is 5.62. The molecule has 0 fully saturated rings. The second-order valence-electron chi connectivity index (χ2n) is 8.17. The number of rotatable bonds is 14. The molecule has 32 heavy (non-hydrogen) atoms. The molecular weight excluding hydrogens is 402 g/mol. The molecule has 4 N–H and O–H groups in total. The van der Waals surface area contributed by atoms with Crippen molar-refractivity contribution in [2.75, 3.05) is 19.6 Å². The second-order valence-corrected chi connectivity index (χ2v) is 8.17. The van der Waals surface area contributed by atoms with Crippen molar-refractivity contribution in [2.45, 2.75) is 57.5 Å². The van der Waals surface area contributed by atoms with Gasteiger partial charge >= 0.3 is 11.9 Å². The second kappa shape index (κ2) is 14.5. The lowest BCUT2D eigenvalue weighted by molar-refractivity contribution is -0.164. The first kappa shape index (κ1) is 25.7. The van der Waals surface area contributed by atoms with Gasteiger partial charge in [-0.3, -0.25) is 4.90 Å². The van der Waals surface area contributed by atoms with Crippen molar-refractivity contribution in [1.82, 2.24) is 4.90 Å². The summed E-state index contributed by atoms with van der Waals surface area (Å²) in [5, 5.41) is 0. The molecule has 0 radical (unpaired) electrons. The molecule has 0 aliphatic carbocycles. The highest BCUT2D eigenvalue weighted by atomic mass is 16.6. The SMILES string of the molecule is C[C@@H](C(=O)OC(=O)[C@@H](N)CCCN)N(CCCc1ccccc1)CCCc1ccccc1. The van der Waals surface area contributed by atoms with Gasteiger partial charge in [-0.05, 0) is 76.2 Å². The Labute approximate surface area is 191 Å². The van der Waals surface area contributed by atoms with E-state index in [1.807, 2.05) is 36.4 Å². The van der Waals surface area contributed by atoms with Crippen molar-refractivity contribution in [2.24, 2.45) is 11.5 Å². The van der Waals surface area contributed by atoms with E-state index in [0.717, 1.165) is 38.8 Å². The largest absolute Gasteiger partial charge is 0.391 e. The minimum Gasteiger partial charge on any atom is -0.391 e. The molecule has 0 unspecified atom stereocenters. The fourth-order valence-corrected chi connectivity index (χ4v) is 3.63. The highest BCUT2D eigenvalue weighted by molar-refractivity contribution is 5.90. The van der Waals surface area contributed by atoms with Crippen molar-refractivity contribution >= 4 is 11.9 Å². The van der Waals surface area contributed by atoms with Crippen LogP contribution in [0.25, 0.3) is 0 Å². The van der Waals surface area contributed by atoms with Crippen LogP contribution in [0.4, 0.5) is 0 Å². The highest BCUT2D eigenvalue weighted by Crippen LogP contribution is 2.11. The van der Waals surface area contributed by atoms with Crippen LogP contribution >= 0.6 is 0 Å². The van der Waals surface area contributed by atoms with Gasteiger partial charge in [-0.25, -0.2) is 9.59 Å². The molecule has 0 spiro atoms. The van der Waals surface area contributed by atoms with E-state index in [0.29, 0.717) is 19.4 Å². The molecule has 0 saturated heterocycles. The van der Waals surface area contributed by atoms with Crippen molar-refractivity contribution < 1.29 is 14.3 Å². The fraction of sp³-hybridized carbons (Fsp3) is 0.462. The van der Waals surface area contributed by atoms with Gasteiger partial charge < -0.3 is 16.2 Å². The average Bonchev–Trinajstić information content (AvgIpc) is 2.82. The van der Waals surface area contributed by atoms with Crippen molar-refractivity contribution in [3.8, 4) is 0 Å². The molecule has 0 saturated carbocycles. The summed E-state index contributed by atoms with van der Waals surface area (Å²) < 4.78 is 5.10. The van der Waals surface area contributed by atoms with Crippen LogP contribution in [-0.4, -0.2) is 48.6 Å². The molecule has 2 aromatic rings. The Bertz CT molecular complexity index is 753. The van der Waals surface area contributed by atoms with E-state index < -0.39 is 24.0 Å². The predicted molar refractivity (Wildman–Crippen MR) is 128 cm³/mol. The van der Waals surface area contributed by atoms with E-state index in [-0.39, 0.29) is 0 Å². The third-order valence-electron chi connectivity index (χ3n) is 5.62. The highest BCUT2D eigenvalue weighted by Gasteiger charge is 2.26. The van der Waals surface area contributed by atoms with E-state index in [2.05, 4.69) is 29.2 Å². The van der Waals surface area contributed by atoms with E-state index in [1.165, 1.54) is 11.1 Å². The number of hydrogen-bond acceptors (Lipinski definition) is 6. The van der Waals surface area contributed by atoms with Gasteiger partial charge in [0.1, 0.15) is 12.1 Å². The molecule has 0 aliphatic heterocycles.